The third-order valence-electron chi connectivity index (χ3n) is 8.33. The summed E-state index contributed by atoms with van der Waals surface area (Å²) in [4.78, 5) is 110. The molecule has 0 heterocycles. The number of primary amides is 1. The van der Waals surface area contributed by atoms with Crippen molar-refractivity contribution in [2.45, 2.75) is 76.6 Å². The Morgan fingerprint density at radius 3 is 1.91 bits per heavy atom. The summed E-state index contributed by atoms with van der Waals surface area (Å²) in [6, 6.07) is 11.4. The summed E-state index contributed by atoms with van der Waals surface area (Å²) in [7, 11) is 0. The van der Waals surface area contributed by atoms with Crippen LogP contribution in [0.3, 0.4) is 0 Å². The minimum Gasteiger partial charge on any atom is -0.480 e. The van der Waals surface area contributed by atoms with Gasteiger partial charge in [0.1, 0.15) is 30.3 Å². The van der Waals surface area contributed by atoms with Crippen LogP contribution in [-0.2, 0) is 47.8 Å². The molecule has 20 heteroatoms. The van der Waals surface area contributed by atoms with E-state index in [9.17, 15) is 48.3 Å². The molecule has 2 aromatic rings. The summed E-state index contributed by atoms with van der Waals surface area (Å²) in [6.07, 6.45) is -3.01. The second kappa shape index (κ2) is 21.5. The summed E-state index contributed by atoms with van der Waals surface area (Å²) in [5, 5.41) is 23.5. The predicted octanol–water partition coefficient (Wildman–Crippen LogP) is -0.0763. The van der Waals surface area contributed by atoms with Gasteiger partial charge >= 0.3 is 24.1 Å². The first-order valence-corrected chi connectivity index (χ1v) is 18.2. The number of esters is 1. The molecule has 0 radical (unpaired) electrons. The van der Waals surface area contributed by atoms with Gasteiger partial charge in [-0.25, -0.2) is 14.4 Å². The maximum Gasteiger partial charge on any atom is 0.408 e. The second-order valence-electron chi connectivity index (χ2n) is 14.1. The molecule has 7 amide bonds. The fraction of sp³-hybridized carbons (Fsp3) is 0.447. The quantitative estimate of drug-likeness (QED) is 0.0642. The number of carbonyl (C=O) groups excluding carboxylic acids is 8. The number of nitrogens with two attached hydrogens (primary N) is 1. The first-order valence-electron chi connectivity index (χ1n) is 18.2. The van der Waals surface area contributed by atoms with Gasteiger partial charge in [-0.2, -0.15) is 0 Å². The molecule has 0 aromatic heterocycles. The van der Waals surface area contributed by atoms with Crippen LogP contribution in [0.2, 0.25) is 0 Å². The van der Waals surface area contributed by atoms with Crippen LogP contribution >= 0.6 is 0 Å². The van der Waals surface area contributed by atoms with Crippen molar-refractivity contribution in [1.29, 1.82) is 0 Å². The normalized spacial score (nSPS) is 13.2. The van der Waals surface area contributed by atoms with Crippen LogP contribution in [0.1, 0.15) is 64.0 Å². The van der Waals surface area contributed by atoms with Gasteiger partial charge in [0.15, 0.2) is 6.61 Å². The number of carbonyl (C=O) groups is 9. The van der Waals surface area contributed by atoms with Crippen molar-refractivity contribution in [2.75, 3.05) is 32.8 Å². The second-order valence-corrected chi connectivity index (χ2v) is 14.1. The molecule has 58 heavy (non-hydrogen) atoms. The molecule has 0 bridgehead atoms. The first-order chi connectivity index (χ1) is 27.3. The molecule has 0 saturated heterocycles. The topological polar surface area (TPSA) is 300 Å². The van der Waals surface area contributed by atoms with Crippen LogP contribution in [0.25, 0.3) is 11.1 Å². The summed E-state index contributed by atoms with van der Waals surface area (Å²) in [5.41, 5.74) is 8.01. The van der Waals surface area contributed by atoms with Gasteiger partial charge in [-0.05, 0) is 62.8 Å². The summed E-state index contributed by atoms with van der Waals surface area (Å²) in [6.45, 7) is 4.11. The van der Waals surface area contributed by atoms with Gasteiger partial charge in [0.25, 0.3) is 5.91 Å². The van der Waals surface area contributed by atoms with Gasteiger partial charge in [0, 0.05) is 18.9 Å². The zero-order valence-electron chi connectivity index (χ0n) is 32.5. The highest BCUT2D eigenvalue weighted by Crippen LogP contribution is 2.44. The van der Waals surface area contributed by atoms with E-state index in [2.05, 4.69) is 31.9 Å². The third kappa shape index (κ3) is 15.1. The Labute approximate surface area is 333 Å². The van der Waals surface area contributed by atoms with Crippen LogP contribution in [0.4, 0.5) is 9.59 Å². The number of alkyl carbamates (subject to hydrolysis) is 2. The van der Waals surface area contributed by atoms with E-state index in [1.54, 1.807) is 20.8 Å². The van der Waals surface area contributed by atoms with Crippen LogP contribution in [0.15, 0.2) is 48.5 Å². The number of rotatable bonds is 20. The molecule has 9 N–H and O–H groups in total. The number of benzene rings is 2. The lowest BCUT2D eigenvalue weighted by atomic mass is 9.98. The van der Waals surface area contributed by atoms with E-state index < -0.39 is 104 Å². The standard InChI is InChI=1S/C38H49N7O13/c1-21(33(50)42-18-30(47)41-17-29(39)46)43-34(51)27(44-37(55)58-38(2,3)4)15-16-40-31(48)20-56-32(49)14-13-28(35(52)53)45-36(54)57-19-26-24-11-7-5-9-22(24)23-10-6-8-12-25(23)26/h5-12,21,26-28H,13-20H2,1-4H3,(H2,39,46)(H,40,48)(H,41,47)(H,42,50)(H,43,51)(H,44,55)(H,45,54)(H,52,53)/t21-,27+,28-/m0/s1. The molecule has 2 aromatic carbocycles. The Balaban J connectivity index is 1.43. The molecule has 0 saturated carbocycles. The van der Waals surface area contributed by atoms with E-state index in [-0.39, 0.29) is 31.9 Å². The zero-order valence-corrected chi connectivity index (χ0v) is 32.5. The van der Waals surface area contributed by atoms with Crippen LogP contribution < -0.4 is 37.6 Å². The van der Waals surface area contributed by atoms with Crippen LogP contribution in [-0.4, -0.2) is 115 Å². The molecular weight excluding hydrogens is 762 g/mol. The number of nitrogens with one attached hydrogen (secondary N) is 6. The van der Waals surface area contributed by atoms with Crippen molar-refractivity contribution < 1.29 is 62.5 Å². The highest BCUT2D eigenvalue weighted by molar-refractivity contribution is 5.93. The van der Waals surface area contributed by atoms with Crippen molar-refractivity contribution in [3.63, 3.8) is 0 Å². The van der Waals surface area contributed by atoms with Crippen molar-refractivity contribution in [3.8, 4) is 11.1 Å². The van der Waals surface area contributed by atoms with Crippen molar-refractivity contribution in [2.24, 2.45) is 5.73 Å². The van der Waals surface area contributed by atoms with Crippen LogP contribution in [0, 0.1) is 0 Å². The molecule has 0 aliphatic heterocycles. The lowest BCUT2D eigenvalue weighted by Crippen LogP contribution is -2.54. The maximum absolute atomic E-state index is 13.0. The Hall–Kier alpha value is -6.73. The predicted molar refractivity (Wildman–Crippen MR) is 203 cm³/mol. The third-order valence-corrected chi connectivity index (χ3v) is 8.33. The monoisotopic (exact) mass is 811 g/mol. The summed E-state index contributed by atoms with van der Waals surface area (Å²) < 4.78 is 15.5. The van der Waals surface area contributed by atoms with Crippen molar-refractivity contribution in [3.05, 3.63) is 59.7 Å². The Bertz CT molecular complexity index is 1820. The number of hydrogen-bond donors (Lipinski definition) is 8. The number of hydrogen-bond acceptors (Lipinski definition) is 12. The molecule has 3 rings (SSSR count). The smallest absolute Gasteiger partial charge is 0.408 e. The molecule has 0 fully saturated rings. The minimum absolute atomic E-state index is 0.0504. The number of aliphatic carboxylic acids is 1. The minimum atomic E-state index is -1.50. The lowest BCUT2D eigenvalue weighted by molar-refractivity contribution is -0.149. The Kier molecular flexibility index (Phi) is 17.0. The van der Waals surface area contributed by atoms with Gasteiger partial charge in [-0.1, -0.05) is 48.5 Å². The molecule has 20 nitrogen and oxygen atoms in total. The first kappa shape index (κ1) is 45.7. The summed E-state index contributed by atoms with van der Waals surface area (Å²) in [5.74, 6) is -6.49. The number of carboxylic acids is 1. The molecule has 0 unspecified atom stereocenters. The van der Waals surface area contributed by atoms with E-state index in [1.165, 1.54) is 6.92 Å². The van der Waals surface area contributed by atoms with Gasteiger partial charge in [0.05, 0.1) is 13.1 Å². The molecule has 0 spiro atoms. The maximum atomic E-state index is 13.0. The van der Waals surface area contributed by atoms with E-state index in [0.29, 0.717) is 0 Å². The van der Waals surface area contributed by atoms with E-state index in [1.807, 2.05) is 48.5 Å². The number of ether oxygens (including phenoxy) is 3. The van der Waals surface area contributed by atoms with Gasteiger partial charge in [0.2, 0.25) is 23.6 Å². The fourth-order valence-corrected chi connectivity index (χ4v) is 5.59. The molecule has 3 atom stereocenters. The van der Waals surface area contributed by atoms with Gasteiger partial charge in [-0.15, -0.1) is 0 Å². The molecular formula is C38H49N7O13. The van der Waals surface area contributed by atoms with Crippen molar-refractivity contribution >= 4 is 53.7 Å². The van der Waals surface area contributed by atoms with E-state index in [4.69, 9.17) is 19.9 Å². The van der Waals surface area contributed by atoms with Crippen LogP contribution in [0.5, 0.6) is 0 Å². The molecule has 314 valence electrons. The van der Waals surface area contributed by atoms with Crippen molar-refractivity contribution in [1.82, 2.24) is 31.9 Å². The molecule has 1 aliphatic rings. The van der Waals surface area contributed by atoms with E-state index >= 15 is 0 Å². The largest absolute Gasteiger partial charge is 0.480 e. The number of amides is 7. The Morgan fingerprint density at radius 1 is 0.724 bits per heavy atom. The fourth-order valence-electron chi connectivity index (χ4n) is 5.59. The number of carboxylic acid groups (broad SMARTS) is 1. The molecule has 1 aliphatic carbocycles. The SMILES string of the molecule is C[C@H](NC(=O)[C@@H](CCNC(=O)COC(=O)CC[C@H](NC(=O)OCC1c2ccccc2-c2ccccc21)C(=O)O)NC(=O)OC(C)(C)C)C(=O)NCC(=O)NCC(N)=O. The van der Waals surface area contributed by atoms with Gasteiger partial charge in [-0.3, -0.25) is 28.8 Å². The highest BCUT2D eigenvalue weighted by Gasteiger charge is 2.31. The van der Waals surface area contributed by atoms with E-state index in [0.717, 1.165) is 22.3 Å². The highest BCUT2D eigenvalue weighted by atomic mass is 16.6. The lowest BCUT2D eigenvalue weighted by Gasteiger charge is -2.24. The zero-order chi connectivity index (χ0) is 43.0. The average Bonchev–Trinajstić information content (AvgIpc) is 3.48. The average molecular weight is 812 g/mol. The summed E-state index contributed by atoms with van der Waals surface area (Å²) >= 11 is 0. The Morgan fingerprint density at radius 2 is 1.33 bits per heavy atom. The number of fused-ring (bicyclic) bond motifs is 3. The van der Waals surface area contributed by atoms with Gasteiger partial charge < -0.3 is 57.0 Å².